The maximum atomic E-state index is 10.1. The van der Waals surface area contributed by atoms with E-state index in [9.17, 15) is 10.2 Å². The minimum atomic E-state index is -1.65. The van der Waals surface area contributed by atoms with Gasteiger partial charge in [0.2, 0.25) is 0 Å². The molecular weight excluding hydrogens is 250 g/mol. The number of aromatic nitrogens is 4. The second-order valence-electron chi connectivity index (χ2n) is 4.53. The van der Waals surface area contributed by atoms with Crippen LogP contribution in [0.4, 0.5) is 5.82 Å². The predicted molar refractivity (Wildman–Crippen MR) is 66.0 cm³/mol. The van der Waals surface area contributed by atoms with Crippen LogP contribution in [0, 0.1) is 0 Å². The molecule has 0 spiro atoms. The molecule has 100 valence electrons. The van der Waals surface area contributed by atoms with Crippen LogP contribution in [0.5, 0.6) is 0 Å². The zero-order chi connectivity index (χ0) is 13.6. The van der Waals surface area contributed by atoms with Gasteiger partial charge in [0.25, 0.3) is 0 Å². The number of imidazole rings is 1. The Hall–Kier alpha value is -2.03. The van der Waals surface area contributed by atoms with Crippen LogP contribution in [0.25, 0.3) is 11.2 Å². The van der Waals surface area contributed by atoms with Crippen LogP contribution >= 0.6 is 0 Å². The number of aliphatic hydroxyl groups is 3. The molecule has 0 saturated carbocycles. The maximum absolute atomic E-state index is 10.1. The lowest BCUT2D eigenvalue weighted by Crippen LogP contribution is -2.44. The van der Waals surface area contributed by atoms with Gasteiger partial charge in [-0.2, -0.15) is 0 Å². The first-order chi connectivity index (χ1) is 9.07. The van der Waals surface area contributed by atoms with Crippen molar-refractivity contribution in [1.82, 2.24) is 19.5 Å². The molecule has 2 heterocycles. The molecule has 0 aliphatic heterocycles. The fourth-order valence-electron chi connectivity index (χ4n) is 2.24. The quantitative estimate of drug-likeness (QED) is 0.490. The zero-order valence-electron chi connectivity index (χ0n) is 9.88. The number of anilines is 1. The average molecular weight is 263 g/mol. The van der Waals surface area contributed by atoms with Gasteiger partial charge in [-0.15, -0.1) is 0 Å². The molecule has 3 atom stereocenters. The standard InChI is InChI=1S/C11H13N5O3/c12-9-7-10(14-4-13-9)16(5-15-7)6-1-2-11(19,3-17)8(6)18/h1-2,4-6,8,17-19H,3H2,(H2,12,13,14). The van der Waals surface area contributed by atoms with Crippen molar-refractivity contribution in [3.05, 3.63) is 24.8 Å². The Kier molecular flexibility index (Phi) is 2.52. The van der Waals surface area contributed by atoms with Crippen molar-refractivity contribution in [2.24, 2.45) is 0 Å². The summed E-state index contributed by atoms with van der Waals surface area (Å²) in [5.74, 6) is 0.248. The molecule has 3 unspecified atom stereocenters. The van der Waals surface area contributed by atoms with E-state index in [4.69, 9.17) is 10.8 Å². The molecule has 0 bridgehead atoms. The lowest BCUT2D eigenvalue weighted by molar-refractivity contribution is -0.0737. The van der Waals surface area contributed by atoms with Crippen LogP contribution in [0.1, 0.15) is 6.04 Å². The second kappa shape index (κ2) is 3.98. The summed E-state index contributed by atoms with van der Waals surface area (Å²) in [6.45, 7) is -0.565. The van der Waals surface area contributed by atoms with Gasteiger partial charge in [-0.3, -0.25) is 0 Å². The minimum absolute atomic E-state index is 0.248. The van der Waals surface area contributed by atoms with Crippen molar-refractivity contribution in [3.63, 3.8) is 0 Å². The summed E-state index contributed by atoms with van der Waals surface area (Å²) in [5, 5.41) is 29.2. The van der Waals surface area contributed by atoms with Crippen molar-refractivity contribution in [1.29, 1.82) is 0 Å². The van der Waals surface area contributed by atoms with E-state index in [1.54, 1.807) is 10.6 Å². The van der Waals surface area contributed by atoms with Crippen molar-refractivity contribution in [2.75, 3.05) is 12.3 Å². The first-order valence-corrected chi connectivity index (χ1v) is 5.70. The van der Waals surface area contributed by atoms with Crippen molar-refractivity contribution in [3.8, 4) is 0 Å². The van der Waals surface area contributed by atoms with Gasteiger partial charge < -0.3 is 25.6 Å². The second-order valence-corrected chi connectivity index (χ2v) is 4.53. The van der Waals surface area contributed by atoms with E-state index < -0.39 is 24.4 Å². The summed E-state index contributed by atoms with van der Waals surface area (Å²) in [7, 11) is 0. The van der Waals surface area contributed by atoms with Gasteiger partial charge in [0, 0.05) is 0 Å². The lowest BCUT2D eigenvalue weighted by atomic mass is 10.00. The van der Waals surface area contributed by atoms with E-state index in [0.29, 0.717) is 11.2 Å². The summed E-state index contributed by atoms with van der Waals surface area (Å²) in [4.78, 5) is 12.0. The van der Waals surface area contributed by atoms with Gasteiger partial charge >= 0.3 is 0 Å². The highest BCUT2D eigenvalue weighted by molar-refractivity contribution is 5.81. The van der Waals surface area contributed by atoms with E-state index in [1.807, 2.05) is 0 Å². The SMILES string of the molecule is Nc1ncnc2c1ncn2C1C=CC(O)(CO)C1O. The highest BCUT2D eigenvalue weighted by atomic mass is 16.4. The monoisotopic (exact) mass is 263 g/mol. The molecule has 0 radical (unpaired) electrons. The van der Waals surface area contributed by atoms with Gasteiger partial charge in [0.15, 0.2) is 11.5 Å². The summed E-state index contributed by atoms with van der Waals surface area (Å²) in [5.41, 5.74) is 4.93. The molecule has 0 aromatic carbocycles. The summed E-state index contributed by atoms with van der Waals surface area (Å²) in [6, 6.07) is -0.573. The summed E-state index contributed by atoms with van der Waals surface area (Å²) >= 11 is 0. The van der Waals surface area contributed by atoms with Crippen LogP contribution in [0.15, 0.2) is 24.8 Å². The fourth-order valence-corrected chi connectivity index (χ4v) is 2.24. The maximum Gasteiger partial charge on any atom is 0.166 e. The third-order valence-corrected chi connectivity index (χ3v) is 3.38. The van der Waals surface area contributed by atoms with Gasteiger partial charge in [-0.1, -0.05) is 6.08 Å². The Morgan fingerprint density at radius 3 is 2.84 bits per heavy atom. The van der Waals surface area contributed by atoms with Gasteiger partial charge in [0.05, 0.1) is 19.0 Å². The molecule has 2 aromatic heterocycles. The molecule has 1 aliphatic rings. The van der Waals surface area contributed by atoms with E-state index >= 15 is 0 Å². The Morgan fingerprint density at radius 2 is 2.16 bits per heavy atom. The van der Waals surface area contributed by atoms with E-state index in [2.05, 4.69) is 15.0 Å². The number of nitrogen functional groups attached to an aromatic ring is 1. The number of hydrogen-bond donors (Lipinski definition) is 4. The largest absolute Gasteiger partial charge is 0.393 e. The molecule has 8 heteroatoms. The van der Waals surface area contributed by atoms with Gasteiger partial charge in [-0.05, 0) is 6.08 Å². The Balaban J connectivity index is 2.08. The van der Waals surface area contributed by atoms with Crippen LogP contribution in [0.2, 0.25) is 0 Å². The van der Waals surface area contributed by atoms with Crippen LogP contribution in [0.3, 0.4) is 0 Å². The molecule has 19 heavy (non-hydrogen) atoms. The topological polar surface area (TPSA) is 130 Å². The van der Waals surface area contributed by atoms with Crippen molar-refractivity contribution < 1.29 is 15.3 Å². The summed E-state index contributed by atoms with van der Waals surface area (Å²) in [6.07, 6.45) is 4.56. The fraction of sp³-hybridized carbons (Fsp3) is 0.364. The Labute approximate surface area is 107 Å². The molecule has 0 amide bonds. The van der Waals surface area contributed by atoms with E-state index in [-0.39, 0.29) is 5.82 Å². The molecule has 5 N–H and O–H groups in total. The molecule has 0 fully saturated rings. The third kappa shape index (κ3) is 1.61. The lowest BCUT2D eigenvalue weighted by Gasteiger charge is -2.27. The molecule has 0 saturated heterocycles. The Bertz CT molecular complexity index is 655. The van der Waals surface area contributed by atoms with E-state index in [0.717, 1.165) is 0 Å². The number of hydrogen-bond acceptors (Lipinski definition) is 7. The normalized spacial score (nSPS) is 30.3. The number of aliphatic hydroxyl groups excluding tert-OH is 2. The van der Waals surface area contributed by atoms with Crippen LogP contribution < -0.4 is 5.73 Å². The summed E-state index contributed by atoms with van der Waals surface area (Å²) < 4.78 is 1.59. The Morgan fingerprint density at radius 1 is 1.37 bits per heavy atom. The van der Waals surface area contributed by atoms with Crippen LogP contribution in [-0.4, -0.2) is 53.2 Å². The minimum Gasteiger partial charge on any atom is -0.393 e. The first kappa shape index (κ1) is 12.0. The molecule has 2 aromatic rings. The zero-order valence-corrected chi connectivity index (χ0v) is 9.88. The number of nitrogens with zero attached hydrogens (tertiary/aromatic N) is 4. The molecule has 1 aliphatic carbocycles. The predicted octanol–water partition coefficient (Wildman–Crippen LogP) is -1.40. The number of fused-ring (bicyclic) bond motifs is 1. The van der Waals surface area contributed by atoms with Crippen molar-refractivity contribution >= 4 is 17.0 Å². The molecule has 3 rings (SSSR count). The first-order valence-electron chi connectivity index (χ1n) is 5.70. The third-order valence-electron chi connectivity index (χ3n) is 3.38. The van der Waals surface area contributed by atoms with Crippen molar-refractivity contribution in [2.45, 2.75) is 17.7 Å². The number of rotatable bonds is 2. The highest BCUT2D eigenvalue weighted by Gasteiger charge is 2.43. The van der Waals surface area contributed by atoms with Gasteiger partial charge in [0.1, 0.15) is 23.5 Å². The molecule has 8 nitrogen and oxygen atoms in total. The highest BCUT2D eigenvalue weighted by Crippen LogP contribution is 2.33. The molecular formula is C11H13N5O3. The van der Waals surface area contributed by atoms with Crippen LogP contribution in [-0.2, 0) is 0 Å². The average Bonchev–Trinajstić information content (AvgIpc) is 2.95. The smallest absolute Gasteiger partial charge is 0.166 e. The van der Waals surface area contributed by atoms with Gasteiger partial charge in [-0.25, -0.2) is 15.0 Å². The number of nitrogens with two attached hydrogens (primary N) is 1. The van der Waals surface area contributed by atoms with E-state index in [1.165, 1.54) is 18.7 Å².